The van der Waals surface area contributed by atoms with Crippen molar-refractivity contribution in [3.63, 3.8) is 0 Å². The van der Waals surface area contributed by atoms with E-state index in [2.05, 4.69) is 35.9 Å². The van der Waals surface area contributed by atoms with Crippen LogP contribution in [0.15, 0.2) is 42.6 Å². The number of nitrogens with one attached hydrogen (secondary N) is 1. The fraction of sp³-hybridized carbons (Fsp3) is 0.423. The highest BCUT2D eigenvalue weighted by molar-refractivity contribution is 5.88. The van der Waals surface area contributed by atoms with E-state index in [-0.39, 0.29) is 0 Å². The summed E-state index contributed by atoms with van der Waals surface area (Å²) in [6, 6.07) is 12.5. The Bertz CT molecular complexity index is 1080. The summed E-state index contributed by atoms with van der Waals surface area (Å²) in [7, 11) is 0. The third-order valence-electron chi connectivity index (χ3n) is 7.47. The molecule has 1 saturated heterocycles. The standard InChI is InChI=1S/C26H30N2O2/c1-16-13-17(2)24-22(11-12-27-24)23(16)15-28-14-20-5-3-4-6-21(20)25(28)18-7-9-19(10-8-18)26(29)30/h7-13,20-21,25,27H,3-6,14-15H2,1-2H3,(H,29,30). The summed E-state index contributed by atoms with van der Waals surface area (Å²) in [5.74, 6) is 0.558. The number of carboxylic acid groups (broad SMARTS) is 1. The first kappa shape index (κ1) is 19.4. The van der Waals surface area contributed by atoms with E-state index in [1.54, 1.807) is 12.1 Å². The van der Waals surface area contributed by atoms with E-state index in [1.807, 2.05) is 18.3 Å². The number of H-pyrrole nitrogens is 1. The number of aromatic carboxylic acids is 1. The monoisotopic (exact) mass is 402 g/mol. The van der Waals surface area contributed by atoms with Gasteiger partial charge in [0.1, 0.15) is 0 Å². The van der Waals surface area contributed by atoms with E-state index in [9.17, 15) is 9.90 Å². The molecule has 156 valence electrons. The van der Waals surface area contributed by atoms with Gasteiger partial charge in [0, 0.05) is 36.2 Å². The number of aryl methyl sites for hydroxylation is 2. The number of benzene rings is 2. The van der Waals surface area contributed by atoms with Gasteiger partial charge in [0.05, 0.1) is 5.56 Å². The molecule has 0 radical (unpaired) electrons. The smallest absolute Gasteiger partial charge is 0.335 e. The van der Waals surface area contributed by atoms with Gasteiger partial charge in [-0.25, -0.2) is 4.79 Å². The summed E-state index contributed by atoms with van der Waals surface area (Å²) in [6.07, 6.45) is 7.29. The van der Waals surface area contributed by atoms with Crippen molar-refractivity contribution in [2.24, 2.45) is 11.8 Å². The first-order valence-corrected chi connectivity index (χ1v) is 11.2. The van der Waals surface area contributed by atoms with Crippen LogP contribution in [0, 0.1) is 25.7 Å². The number of nitrogens with zero attached hydrogens (tertiary/aromatic N) is 1. The highest BCUT2D eigenvalue weighted by Gasteiger charge is 2.43. The molecule has 3 atom stereocenters. The molecule has 2 heterocycles. The van der Waals surface area contributed by atoms with E-state index >= 15 is 0 Å². The second kappa shape index (κ2) is 7.59. The van der Waals surface area contributed by atoms with Crippen LogP contribution in [0.5, 0.6) is 0 Å². The molecule has 4 heteroatoms. The zero-order chi connectivity index (χ0) is 20.8. The topological polar surface area (TPSA) is 56.3 Å². The Hall–Kier alpha value is -2.59. The summed E-state index contributed by atoms with van der Waals surface area (Å²) in [6.45, 7) is 6.48. The average molecular weight is 403 g/mol. The van der Waals surface area contributed by atoms with Gasteiger partial charge in [0.2, 0.25) is 0 Å². The predicted octanol–water partition coefficient (Wildman–Crippen LogP) is 5.85. The van der Waals surface area contributed by atoms with Crippen LogP contribution in [0.1, 0.15) is 64.3 Å². The maximum Gasteiger partial charge on any atom is 0.335 e. The molecule has 5 rings (SSSR count). The average Bonchev–Trinajstić information content (AvgIpc) is 3.36. The zero-order valence-electron chi connectivity index (χ0n) is 17.8. The van der Waals surface area contributed by atoms with Gasteiger partial charge in [-0.1, -0.05) is 31.0 Å². The Morgan fingerprint density at radius 1 is 1.10 bits per heavy atom. The van der Waals surface area contributed by atoms with E-state index in [0.29, 0.717) is 17.5 Å². The molecule has 3 unspecified atom stereocenters. The lowest BCUT2D eigenvalue weighted by Gasteiger charge is -2.31. The first-order valence-electron chi connectivity index (χ1n) is 11.2. The van der Waals surface area contributed by atoms with Crippen molar-refractivity contribution in [3.8, 4) is 0 Å². The minimum absolute atomic E-state index is 0.368. The summed E-state index contributed by atoms with van der Waals surface area (Å²) in [5, 5.41) is 10.6. The maximum atomic E-state index is 11.3. The van der Waals surface area contributed by atoms with Crippen LogP contribution < -0.4 is 0 Å². The molecule has 4 nitrogen and oxygen atoms in total. The highest BCUT2D eigenvalue weighted by atomic mass is 16.4. The molecule has 2 N–H and O–H groups in total. The normalized spacial score (nSPS) is 24.3. The summed E-state index contributed by atoms with van der Waals surface area (Å²) in [4.78, 5) is 17.4. The zero-order valence-corrected chi connectivity index (χ0v) is 17.8. The minimum Gasteiger partial charge on any atom is -0.478 e. The fourth-order valence-corrected chi connectivity index (χ4v) is 6.06. The molecular weight excluding hydrogens is 372 g/mol. The molecule has 1 aromatic heterocycles. The van der Waals surface area contributed by atoms with Crippen LogP contribution in [0.25, 0.3) is 10.9 Å². The Kier molecular flexibility index (Phi) is 4.90. The SMILES string of the molecule is Cc1cc(C)c2[nH]ccc2c1CN1CC2CCCCC2C1c1ccc(C(=O)O)cc1. The fourth-order valence-electron chi connectivity index (χ4n) is 6.06. The van der Waals surface area contributed by atoms with Crippen molar-refractivity contribution in [3.05, 3.63) is 70.4 Å². The number of fused-ring (bicyclic) bond motifs is 2. The van der Waals surface area contributed by atoms with Crippen molar-refractivity contribution >= 4 is 16.9 Å². The molecule has 0 bridgehead atoms. The molecule has 1 aliphatic heterocycles. The van der Waals surface area contributed by atoms with Crippen LogP contribution in [-0.4, -0.2) is 27.5 Å². The van der Waals surface area contributed by atoms with Crippen LogP contribution in [0.2, 0.25) is 0 Å². The number of hydrogen-bond donors (Lipinski definition) is 2. The summed E-state index contributed by atoms with van der Waals surface area (Å²) < 4.78 is 0. The lowest BCUT2D eigenvalue weighted by Crippen LogP contribution is -2.26. The van der Waals surface area contributed by atoms with Crippen LogP contribution >= 0.6 is 0 Å². The van der Waals surface area contributed by atoms with E-state index in [1.165, 1.54) is 58.8 Å². The Morgan fingerprint density at radius 2 is 1.87 bits per heavy atom. The number of aromatic amines is 1. The number of rotatable bonds is 4. The number of likely N-dealkylation sites (tertiary alicyclic amines) is 1. The summed E-state index contributed by atoms with van der Waals surface area (Å²) in [5.41, 5.74) is 6.95. The van der Waals surface area contributed by atoms with Gasteiger partial charge in [-0.15, -0.1) is 0 Å². The Morgan fingerprint density at radius 3 is 2.63 bits per heavy atom. The van der Waals surface area contributed by atoms with Crippen molar-refractivity contribution in [1.82, 2.24) is 9.88 Å². The molecule has 3 aromatic rings. The molecule has 1 aliphatic carbocycles. The van der Waals surface area contributed by atoms with Crippen molar-refractivity contribution in [1.29, 1.82) is 0 Å². The van der Waals surface area contributed by atoms with E-state index < -0.39 is 5.97 Å². The quantitative estimate of drug-likeness (QED) is 0.576. The first-order chi connectivity index (χ1) is 14.5. The number of aromatic nitrogens is 1. The molecule has 1 saturated carbocycles. The molecule has 0 spiro atoms. The van der Waals surface area contributed by atoms with Crippen molar-refractivity contribution in [2.45, 2.75) is 52.1 Å². The van der Waals surface area contributed by atoms with Crippen molar-refractivity contribution in [2.75, 3.05) is 6.54 Å². The summed E-state index contributed by atoms with van der Waals surface area (Å²) >= 11 is 0. The van der Waals surface area contributed by atoms with Gasteiger partial charge in [0.15, 0.2) is 0 Å². The van der Waals surface area contributed by atoms with Crippen LogP contribution in [-0.2, 0) is 6.54 Å². The third-order valence-corrected chi connectivity index (χ3v) is 7.47. The molecule has 2 aromatic carbocycles. The lowest BCUT2D eigenvalue weighted by molar-refractivity contribution is 0.0697. The largest absolute Gasteiger partial charge is 0.478 e. The van der Waals surface area contributed by atoms with Gasteiger partial charge in [-0.05, 0) is 79.0 Å². The minimum atomic E-state index is -0.856. The highest BCUT2D eigenvalue weighted by Crippen LogP contribution is 2.48. The Labute approximate surface area is 177 Å². The van der Waals surface area contributed by atoms with Crippen LogP contribution in [0.4, 0.5) is 0 Å². The van der Waals surface area contributed by atoms with E-state index in [0.717, 1.165) is 19.0 Å². The van der Waals surface area contributed by atoms with Gasteiger partial charge in [-0.3, -0.25) is 4.90 Å². The Balaban J connectivity index is 1.53. The predicted molar refractivity (Wildman–Crippen MR) is 120 cm³/mol. The van der Waals surface area contributed by atoms with Crippen molar-refractivity contribution < 1.29 is 9.90 Å². The number of carboxylic acids is 1. The van der Waals surface area contributed by atoms with Gasteiger partial charge in [0.25, 0.3) is 0 Å². The molecule has 2 fully saturated rings. The third kappa shape index (κ3) is 3.24. The number of carbonyl (C=O) groups is 1. The molecule has 30 heavy (non-hydrogen) atoms. The molecule has 2 aliphatic rings. The van der Waals surface area contributed by atoms with Gasteiger partial charge >= 0.3 is 5.97 Å². The lowest BCUT2D eigenvalue weighted by atomic mass is 9.77. The molecule has 0 amide bonds. The second-order valence-corrected chi connectivity index (χ2v) is 9.27. The van der Waals surface area contributed by atoms with Gasteiger partial charge < -0.3 is 10.1 Å². The van der Waals surface area contributed by atoms with Crippen LogP contribution in [0.3, 0.4) is 0 Å². The second-order valence-electron chi connectivity index (χ2n) is 9.27. The maximum absolute atomic E-state index is 11.3. The van der Waals surface area contributed by atoms with Gasteiger partial charge in [-0.2, -0.15) is 0 Å². The van der Waals surface area contributed by atoms with E-state index in [4.69, 9.17) is 0 Å². The number of hydrogen-bond acceptors (Lipinski definition) is 2. The molecular formula is C26H30N2O2.